The highest BCUT2D eigenvalue weighted by atomic mass is 16.1. The van der Waals surface area contributed by atoms with Crippen molar-refractivity contribution in [1.82, 2.24) is 4.98 Å². The molecule has 2 aromatic rings. The number of Topliss-reactive ketones (excluding diaryl/α,β-unsaturated/α-hetero) is 1. The standard InChI is InChI=1S/C17H15NO/c1-14(19)17(16-10-12-18-13-11-16)9-5-8-15-6-3-2-4-7-15/h2-13H,1H3/b8-5+,17-9-. The maximum Gasteiger partial charge on any atom is 0.160 e. The Bertz CT molecular complexity index is 598. The van der Waals surface area contributed by atoms with Gasteiger partial charge in [0.1, 0.15) is 0 Å². The van der Waals surface area contributed by atoms with Gasteiger partial charge in [-0.15, -0.1) is 0 Å². The smallest absolute Gasteiger partial charge is 0.160 e. The van der Waals surface area contributed by atoms with Crippen molar-refractivity contribution in [3.8, 4) is 0 Å². The van der Waals surface area contributed by atoms with Gasteiger partial charge >= 0.3 is 0 Å². The van der Waals surface area contributed by atoms with E-state index in [4.69, 9.17) is 0 Å². The van der Waals surface area contributed by atoms with Crippen LogP contribution < -0.4 is 0 Å². The molecule has 0 saturated heterocycles. The summed E-state index contributed by atoms with van der Waals surface area (Å²) in [5.74, 6) is 0.0453. The molecule has 19 heavy (non-hydrogen) atoms. The Labute approximate surface area is 113 Å². The third kappa shape index (κ3) is 3.75. The third-order valence-corrected chi connectivity index (χ3v) is 2.72. The Hall–Kier alpha value is -2.48. The van der Waals surface area contributed by atoms with E-state index in [-0.39, 0.29) is 5.78 Å². The minimum atomic E-state index is 0.0453. The van der Waals surface area contributed by atoms with Crippen LogP contribution in [0.2, 0.25) is 0 Å². The fourth-order valence-corrected chi connectivity index (χ4v) is 1.77. The van der Waals surface area contributed by atoms with Crippen LogP contribution in [0.4, 0.5) is 0 Å². The fraction of sp³-hybridized carbons (Fsp3) is 0.0588. The average Bonchev–Trinajstić information content (AvgIpc) is 2.45. The second-order valence-electron chi connectivity index (χ2n) is 4.14. The maximum atomic E-state index is 11.7. The zero-order valence-electron chi connectivity index (χ0n) is 10.8. The van der Waals surface area contributed by atoms with Gasteiger partial charge in [-0.3, -0.25) is 9.78 Å². The van der Waals surface area contributed by atoms with Crippen molar-refractivity contribution < 1.29 is 4.79 Å². The number of hydrogen-bond acceptors (Lipinski definition) is 2. The van der Waals surface area contributed by atoms with E-state index in [2.05, 4.69) is 4.98 Å². The van der Waals surface area contributed by atoms with Crippen LogP contribution in [0.5, 0.6) is 0 Å². The number of ketones is 1. The Kier molecular flexibility index (Phi) is 4.40. The van der Waals surface area contributed by atoms with Crippen molar-refractivity contribution in [3.05, 3.63) is 78.1 Å². The molecule has 2 rings (SSSR count). The molecule has 0 fully saturated rings. The summed E-state index contributed by atoms with van der Waals surface area (Å²) < 4.78 is 0. The summed E-state index contributed by atoms with van der Waals surface area (Å²) in [4.78, 5) is 15.6. The summed E-state index contributed by atoms with van der Waals surface area (Å²) >= 11 is 0. The minimum absolute atomic E-state index is 0.0453. The fourth-order valence-electron chi connectivity index (χ4n) is 1.77. The molecular weight excluding hydrogens is 234 g/mol. The van der Waals surface area contributed by atoms with E-state index in [0.717, 1.165) is 11.1 Å². The van der Waals surface area contributed by atoms with E-state index in [1.165, 1.54) is 0 Å². The lowest BCUT2D eigenvalue weighted by molar-refractivity contribution is -0.111. The first-order chi connectivity index (χ1) is 9.27. The lowest BCUT2D eigenvalue weighted by Gasteiger charge is -2.01. The topological polar surface area (TPSA) is 30.0 Å². The Morgan fingerprint density at radius 3 is 2.37 bits per heavy atom. The summed E-state index contributed by atoms with van der Waals surface area (Å²) in [5, 5.41) is 0. The minimum Gasteiger partial charge on any atom is -0.294 e. The molecule has 0 radical (unpaired) electrons. The van der Waals surface area contributed by atoms with Crippen molar-refractivity contribution in [2.75, 3.05) is 0 Å². The largest absolute Gasteiger partial charge is 0.294 e. The Balaban J connectivity index is 2.24. The third-order valence-electron chi connectivity index (χ3n) is 2.72. The lowest BCUT2D eigenvalue weighted by Crippen LogP contribution is -1.95. The van der Waals surface area contributed by atoms with E-state index in [1.54, 1.807) is 19.3 Å². The number of aromatic nitrogens is 1. The van der Waals surface area contributed by atoms with Crippen LogP contribution >= 0.6 is 0 Å². The van der Waals surface area contributed by atoms with Crippen molar-refractivity contribution in [1.29, 1.82) is 0 Å². The molecule has 1 heterocycles. The van der Waals surface area contributed by atoms with E-state index >= 15 is 0 Å². The molecule has 94 valence electrons. The average molecular weight is 249 g/mol. The molecule has 0 N–H and O–H groups in total. The first-order valence-corrected chi connectivity index (χ1v) is 6.12. The highest BCUT2D eigenvalue weighted by Gasteiger charge is 2.04. The van der Waals surface area contributed by atoms with Crippen LogP contribution in [0.25, 0.3) is 11.6 Å². The van der Waals surface area contributed by atoms with Crippen LogP contribution in [-0.2, 0) is 4.79 Å². The van der Waals surface area contributed by atoms with Crippen LogP contribution in [0.15, 0.2) is 67.0 Å². The zero-order valence-corrected chi connectivity index (χ0v) is 10.8. The number of pyridine rings is 1. The lowest BCUT2D eigenvalue weighted by atomic mass is 10.0. The summed E-state index contributed by atoms with van der Waals surface area (Å²) in [7, 11) is 0. The van der Waals surface area contributed by atoms with Crippen molar-refractivity contribution >= 4 is 17.4 Å². The van der Waals surface area contributed by atoms with Gasteiger partial charge in [-0.1, -0.05) is 48.6 Å². The van der Waals surface area contributed by atoms with Crippen LogP contribution in [-0.4, -0.2) is 10.8 Å². The van der Waals surface area contributed by atoms with E-state index < -0.39 is 0 Å². The highest BCUT2D eigenvalue weighted by Crippen LogP contribution is 2.14. The van der Waals surface area contributed by atoms with Crippen LogP contribution in [0.3, 0.4) is 0 Å². The van der Waals surface area contributed by atoms with Gasteiger partial charge in [0.15, 0.2) is 5.78 Å². The molecule has 2 heteroatoms. The predicted octanol–water partition coefficient (Wildman–Crippen LogP) is 3.77. The molecule has 0 bridgehead atoms. The van der Waals surface area contributed by atoms with Gasteiger partial charge in [0.05, 0.1) is 0 Å². The van der Waals surface area contributed by atoms with Crippen molar-refractivity contribution in [2.24, 2.45) is 0 Å². The molecule has 1 aromatic heterocycles. The Morgan fingerprint density at radius 1 is 1.05 bits per heavy atom. The second-order valence-corrected chi connectivity index (χ2v) is 4.14. The number of allylic oxidation sites excluding steroid dienone is 3. The van der Waals surface area contributed by atoms with Gasteiger partial charge in [0.2, 0.25) is 0 Å². The zero-order chi connectivity index (χ0) is 13.5. The molecule has 0 amide bonds. The van der Waals surface area contributed by atoms with Crippen LogP contribution in [0, 0.1) is 0 Å². The van der Waals surface area contributed by atoms with Gasteiger partial charge in [-0.05, 0) is 30.2 Å². The molecule has 0 aliphatic heterocycles. The number of hydrogen-bond donors (Lipinski definition) is 0. The first kappa shape index (κ1) is 13.0. The summed E-state index contributed by atoms with van der Waals surface area (Å²) in [6.07, 6.45) is 9.08. The second kappa shape index (κ2) is 6.45. The molecule has 1 aromatic carbocycles. The summed E-state index contributed by atoms with van der Waals surface area (Å²) in [5.41, 5.74) is 2.69. The van der Waals surface area contributed by atoms with E-state index in [0.29, 0.717) is 5.57 Å². The van der Waals surface area contributed by atoms with Crippen molar-refractivity contribution in [3.63, 3.8) is 0 Å². The SMILES string of the molecule is CC(=O)/C(=C/C=C/c1ccccc1)c1ccncc1. The quantitative estimate of drug-likeness (QED) is 0.610. The van der Waals surface area contributed by atoms with Gasteiger partial charge in [0, 0.05) is 18.0 Å². The molecule has 0 atom stereocenters. The first-order valence-electron chi connectivity index (χ1n) is 6.12. The molecule has 0 spiro atoms. The monoisotopic (exact) mass is 249 g/mol. The molecule has 0 aliphatic carbocycles. The number of nitrogens with zero attached hydrogens (tertiary/aromatic N) is 1. The van der Waals surface area contributed by atoms with Gasteiger partial charge < -0.3 is 0 Å². The predicted molar refractivity (Wildman–Crippen MR) is 78.4 cm³/mol. The number of rotatable bonds is 4. The van der Waals surface area contributed by atoms with E-state index in [9.17, 15) is 4.79 Å². The molecule has 0 aliphatic rings. The molecule has 0 unspecified atom stereocenters. The van der Waals surface area contributed by atoms with Gasteiger partial charge in [-0.2, -0.15) is 0 Å². The van der Waals surface area contributed by atoms with Crippen molar-refractivity contribution in [2.45, 2.75) is 6.92 Å². The summed E-state index contributed by atoms with van der Waals surface area (Å²) in [6.45, 7) is 1.57. The normalized spacial score (nSPS) is 11.7. The number of benzene rings is 1. The Morgan fingerprint density at radius 2 is 1.74 bits per heavy atom. The maximum absolute atomic E-state index is 11.7. The summed E-state index contributed by atoms with van der Waals surface area (Å²) in [6, 6.07) is 13.7. The molecule has 2 nitrogen and oxygen atoms in total. The molecular formula is C17H15NO. The molecule has 0 saturated carbocycles. The van der Waals surface area contributed by atoms with Crippen LogP contribution in [0.1, 0.15) is 18.1 Å². The van der Waals surface area contributed by atoms with Gasteiger partial charge in [-0.25, -0.2) is 0 Å². The number of carbonyl (C=O) groups is 1. The highest BCUT2D eigenvalue weighted by molar-refractivity contribution is 6.19. The van der Waals surface area contributed by atoms with Gasteiger partial charge in [0.25, 0.3) is 0 Å². The number of carbonyl (C=O) groups excluding carboxylic acids is 1. The van der Waals surface area contributed by atoms with E-state index in [1.807, 2.05) is 60.7 Å².